The smallest absolute Gasteiger partial charge is 0.272 e. The lowest BCUT2D eigenvalue weighted by atomic mass is 10.0. The third-order valence-electron chi connectivity index (χ3n) is 6.01. The van der Waals surface area contributed by atoms with Crippen molar-refractivity contribution in [1.29, 1.82) is 0 Å². The number of nitrogens with zero attached hydrogens (tertiary/aromatic N) is 4. The van der Waals surface area contributed by atoms with Crippen LogP contribution >= 0.6 is 0 Å². The number of nitrogens with one attached hydrogen (secondary N) is 1. The Morgan fingerprint density at radius 2 is 1.82 bits per heavy atom. The van der Waals surface area contributed by atoms with E-state index in [2.05, 4.69) is 22.4 Å². The summed E-state index contributed by atoms with van der Waals surface area (Å²) in [6.07, 6.45) is 5.97. The number of hydrogen-bond acceptors (Lipinski definition) is 4. The fourth-order valence-electron chi connectivity index (χ4n) is 4.24. The molecule has 0 atom stereocenters. The Kier molecular flexibility index (Phi) is 7.17. The first kappa shape index (κ1) is 22.7. The van der Waals surface area contributed by atoms with Crippen LogP contribution in [0.4, 0.5) is 0 Å². The van der Waals surface area contributed by atoms with Gasteiger partial charge in [-0.3, -0.25) is 19.3 Å². The van der Waals surface area contributed by atoms with E-state index in [0.29, 0.717) is 38.3 Å². The maximum absolute atomic E-state index is 13.1. The Balaban J connectivity index is 1.50. The number of benzene rings is 1. The highest BCUT2D eigenvalue weighted by Gasteiger charge is 2.30. The summed E-state index contributed by atoms with van der Waals surface area (Å²) in [6, 6.07) is 14.2. The second-order valence-electron chi connectivity index (χ2n) is 8.80. The quantitative estimate of drug-likeness (QED) is 0.540. The van der Waals surface area contributed by atoms with Gasteiger partial charge in [0.1, 0.15) is 0 Å². The maximum Gasteiger partial charge on any atom is 0.272 e. The van der Waals surface area contributed by atoms with Gasteiger partial charge >= 0.3 is 0 Å². The normalized spacial score (nSPS) is 13.1. The molecule has 3 aromatic rings. The van der Waals surface area contributed by atoms with Crippen molar-refractivity contribution in [2.75, 3.05) is 13.1 Å². The second-order valence-corrected chi connectivity index (χ2v) is 8.80. The Bertz CT molecular complexity index is 1090. The minimum atomic E-state index is -0.174. The molecule has 2 amide bonds. The highest BCUT2D eigenvalue weighted by atomic mass is 16.2. The first-order valence-electron chi connectivity index (χ1n) is 11.6. The molecule has 7 nitrogen and oxygen atoms in total. The lowest BCUT2D eigenvalue weighted by Gasteiger charge is -2.29. The van der Waals surface area contributed by atoms with Gasteiger partial charge < -0.3 is 10.2 Å². The zero-order chi connectivity index (χ0) is 23.2. The van der Waals surface area contributed by atoms with Crippen molar-refractivity contribution in [3.05, 3.63) is 82.9 Å². The number of fused-ring (bicyclic) bond motifs is 1. The summed E-state index contributed by atoms with van der Waals surface area (Å²) in [7, 11) is 0. The van der Waals surface area contributed by atoms with Gasteiger partial charge in [-0.25, -0.2) is 0 Å². The second kappa shape index (κ2) is 10.4. The van der Waals surface area contributed by atoms with Crippen molar-refractivity contribution < 1.29 is 9.59 Å². The van der Waals surface area contributed by atoms with Crippen LogP contribution in [0.3, 0.4) is 0 Å². The molecule has 33 heavy (non-hydrogen) atoms. The lowest BCUT2D eigenvalue weighted by Crippen LogP contribution is -2.39. The molecule has 0 unspecified atom stereocenters. The fraction of sp³-hybridized carbons (Fsp3) is 0.385. The Labute approximate surface area is 194 Å². The number of pyridine rings is 1. The monoisotopic (exact) mass is 445 g/mol. The van der Waals surface area contributed by atoms with E-state index in [9.17, 15) is 9.59 Å². The molecule has 7 heteroatoms. The number of hydrogen-bond donors (Lipinski definition) is 1. The van der Waals surface area contributed by atoms with E-state index in [0.717, 1.165) is 29.7 Å². The molecule has 0 saturated heterocycles. The zero-order valence-corrected chi connectivity index (χ0v) is 19.3. The van der Waals surface area contributed by atoms with Crippen LogP contribution in [0, 0.1) is 5.92 Å². The average molecular weight is 446 g/mol. The molecule has 0 spiro atoms. The van der Waals surface area contributed by atoms with Gasteiger partial charge in [-0.05, 0) is 36.1 Å². The molecule has 172 valence electrons. The number of carbonyl (C=O) groups is 2. The summed E-state index contributed by atoms with van der Waals surface area (Å²) >= 11 is 0. The molecule has 1 aromatic carbocycles. The molecule has 0 aliphatic carbocycles. The van der Waals surface area contributed by atoms with Crippen molar-refractivity contribution in [3.8, 4) is 0 Å². The average Bonchev–Trinajstić information content (AvgIpc) is 3.20. The minimum absolute atomic E-state index is 0.0753. The van der Waals surface area contributed by atoms with Gasteiger partial charge in [0.15, 0.2) is 5.69 Å². The number of aromatic nitrogens is 3. The number of amides is 2. The number of rotatable bonds is 8. The summed E-state index contributed by atoms with van der Waals surface area (Å²) in [6.45, 7) is 6.04. The van der Waals surface area contributed by atoms with E-state index in [1.54, 1.807) is 12.4 Å². The molecular weight excluding hydrogens is 414 g/mol. The summed E-state index contributed by atoms with van der Waals surface area (Å²) in [5.41, 5.74) is 4.67. The van der Waals surface area contributed by atoms with Gasteiger partial charge in [-0.1, -0.05) is 44.2 Å². The van der Waals surface area contributed by atoms with Crippen LogP contribution in [0.1, 0.15) is 53.1 Å². The zero-order valence-electron chi connectivity index (χ0n) is 19.3. The van der Waals surface area contributed by atoms with Crippen molar-refractivity contribution in [2.45, 2.75) is 46.2 Å². The summed E-state index contributed by atoms with van der Waals surface area (Å²) in [4.78, 5) is 31.7. The van der Waals surface area contributed by atoms with Crippen LogP contribution in [0.5, 0.6) is 0 Å². The molecule has 0 radical (unpaired) electrons. The van der Waals surface area contributed by atoms with Gasteiger partial charge in [-0.15, -0.1) is 0 Å². The topological polar surface area (TPSA) is 80.1 Å². The van der Waals surface area contributed by atoms with Crippen molar-refractivity contribution in [2.24, 2.45) is 5.92 Å². The minimum Gasteiger partial charge on any atom is -0.351 e. The van der Waals surface area contributed by atoms with Crippen LogP contribution in [-0.2, 0) is 30.7 Å². The van der Waals surface area contributed by atoms with Crippen LogP contribution in [-0.4, -0.2) is 44.6 Å². The summed E-state index contributed by atoms with van der Waals surface area (Å²) in [5, 5.41) is 7.74. The third kappa shape index (κ3) is 5.48. The summed E-state index contributed by atoms with van der Waals surface area (Å²) < 4.78 is 1.92. The van der Waals surface area contributed by atoms with E-state index in [1.807, 2.05) is 53.8 Å². The Morgan fingerprint density at radius 1 is 1.06 bits per heavy atom. The SMILES string of the molecule is CC(C)C(=O)N1CCc2c(c(C(=O)NCCCc3ccccc3)nn2Cc2ccncc2)C1. The van der Waals surface area contributed by atoms with E-state index in [4.69, 9.17) is 5.10 Å². The first-order valence-corrected chi connectivity index (χ1v) is 11.6. The Morgan fingerprint density at radius 3 is 2.55 bits per heavy atom. The number of aryl methyl sites for hydroxylation is 1. The molecule has 4 rings (SSSR count). The van der Waals surface area contributed by atoms with Crippen LogP contribution in [0.25, 0.3) is 0 Å². The predicted molar refractivity (Wildman–Crippen MR) is 127 cm³/mol. The third-order valence-corrected chi connectivity index (χ3v) is 6.01. The fourth-order valence-corrected chi connectivity index (χ4v) is 4.24. The van der Waals surface area contributed by atoms with Crippen molar-refractivity contribution in [3.63, 3.8) is 0 Å². The molecule has 2 aromatic heterocycles. The highest BCUT2D eigenvalue weighted by Crippen LogP contribution is 2.25. The Hall–Kier alpha value is -3.48. The van der Waals surface area contributed by atoms with E-state index >= 15 is 0 Å². The molecule has 1 N–H and O–H groups in total. The van der Waals surface area contributed by atoms with E-state index in [1.165, 1.54) is 5.56 Å². The van der Waals surface area contributed by atoms with Gasteiger partial charge in [0, 0.05) is 55.6 Å². The van der Waals surface area contributed by atoms with Gasteiger partial charge in [0.05, 0.1) is 6.54 Å². The molecule has 0 bridgehead atoms. The van der Waals surface area contributed by atoms with E-state index in [-0.39, 0.29) is 17.7 Å². The first-order chi connectivity index (χ1) is 16.0. The van der Waals surface area contributed by atoms with E-state index < -0.39 is 0 Å². The van der Waals surface area contributed by atoms with Gasteiger partial charge in [-0.2, -0.15) is 5.10 Å². The molecule has 0 fully saturated rings. The van der Waals surface area contributed by atoms with Crippen molar-refractivity contribution in [1.82, 2.24) is 25.0 Å². The summed E-state index contributed by atoms with van der Waals surface area (Å²) in [5.74, 6) is -0.142. The van der Waals surface area contributed by atoms with Crippen LogP contribution < -0.4 is 5.32 Å². The van der Waals surface area contributed by atoms with Crippen LogP contribution in [0.15, 0.2) is 54.9 Å². The predicted octanol–water partition coefficient (Wildman–Crippen LogP) is 3.23. The molecule has 3 heterocycles. The van der Waals surface area contributed by atoms with Gasteiger partial charge in [0.2, 0.25) is 5.91 Å². The highest BCUT2D eigenvalue weighted by molar-refractivity contribution is 5.94. The largest absolute Gasteiger partial charge is 0.351 e. The molecule has 1 aliphatic heterocycles. The molecular formula is C26H31N5O2. The number of carbonyl (C=O) groups excluding carboxylic acids is 2. The van der Waals surface area contributed by atoms with Gasteiger partial charge in [0.25, 0.3) is 5.91 Å². The van der Waals surface area contributed by atoms with Crippen molar-refractivity contribution >= 4 is 11.8 Å². The molecule has 0 saturated carbocycles. The molecule has 1 aliphatic rings. The maximum atomic E-state index is 13.1. The lowest BCUT2D eigenvalue weighted by molar-refractivity contribution is -0.135. The van der Waals surface area contributed by atoms with Crippen LogP contribution in [0.2, 0.25) is 0 Å². The standard InChI is InChI=1S/C26H31N5O2/c1-19(2)26(33)30-16-12-23-22(18-30)24(29-31(23)17-21-10-14-27-15-11-21)25(32)28-13-6-9-20-7-4-3-5-8-20/h3-5,7-8,10-11,14-15,19H,6,9,12-13,16-18H2,1-2H3,(H,28,32).